The van der Waals surface area contributed by atoms with Crippen molar-refractivity contribution in [2.45, 2.75) is 32.7 Å². The van der Waals surface area contributed by atoms with Crippen LogP contribution in [0.15, 0.2) is 12.1 Å². The maximum atomic E-state index is 13.9. The van der Waals surface area contributed by atoms with Gasteiger partial charge in [-0.05, 0) is 25.0 Å². The van der Waals surface area contributed by atoms with E-state index in [1.807, 2.05) is 6.92 Å². The molecule has 1 saturated heterocycles. The van der Waals surface area contributed by atoms with Crippen LogP contribution in [0.3, 0.4) is 0 Å². The SMILES string of the molecule is CCCN1C(=O)CC(Nc2c(F)ccc(C)c2F)C1=O. The number of anilines is 1. The highest BCUT2D eigenvalue weighted by atomic mass is 19.1. The van der Waals surface area contributed by atoms with Gasteiger partial charge in [-0.1, -0.05) is 13.0 Å². The molecule has 1 atom stereocenters. The molecule has 0 aliphatic carbocycles. The van der Waals surface area contributed by atoms with Gasteiger partial charge in [0.25, 0.3) is 5.91 Å². The molecule has 1 heterocycles. The highest BCUT2D eigenvalue weighted by Gasteiger charge is 2.38. The summed E-state index contributed by atoms with van der Waals surface area (Å²) in [5.41, 5.74) is -0.0782. The minimum absolute atomic E-state index is 0.0777. The molecular weight excluding hydrogens is 266 g/mol. The first-order valence-electron chi connectivity index (χ1n) is 6.51. The minimum atomic E-state index is -0.903. The van der Waals surface area contributed by atoms with Crippen molar-refractivity contribution in [3.8, 4) is 0 Å². The second-order valence-electron chi connectivity index (χ2n) is 4.84. The molecule has 0 saturated carbocycles. The lowest BCUT2D eigenvalue weighted by molar-refractivity contribution is -0.138. The number of nitrogens with one attached hydrogen (secondary N) is 1. The summed E-state index contributed by atoms with van der Waals surface area (Å²) in [5.74, 6) is -2.26. The summed E-state index contributed by atoms with van der Waals surface area (Å²) in [5, 5.41) is 2.52. The fraction of sp³-hybridized carbons (Fsp3) is 0.429. The predicted molar refractivity (Wildman–Crippen MR) is 70.1 cm³/mol. The number of hydrogen-bond acceptors (Lipinski definition) is 3. The van der Waals surface area contributed by atoms with Crippen LogP contribution in [0, 0.1) is 18.6 Å². The maximum Gasteiger partial charge on any atom is 0.252 e. The van der Waals surface area contributed by atoms with Crippen LogP contribution in [-0.4, -0.2) is 29.3 Å². The summed E-state index contributed by atoms with van der Waals surface area (Å²) in [6, 6.07) is 1.55. The minimum Gasteiger partial charge on any atom is -0.368 e. The molecule has 0 aromatic heterocycles. The standard InChI is InChI=1S/C14H16F2N2O2/c1-3-6-18-11(19)7-10(14(18)20)17-13-9(15)5-4-8(2)12(13)16/h4-5,10,17H,3,6-7H2,1-2H3. The number of halogens is 2. The Hall–Kier alpha value is -1.98. The van der Waals surface area contributed by atoms with Crippen LogP contribution >= 0.6 is 0 Å². The molecule has 1 fully saturated rings. The van der Waals surface area contributed by atoms with Crippen molar-refractivity contribution >= 4 is 17.5 Å². The van der Waals surface area contributed by atoms with Crippen LogP contribution in [-0.2, 0) is 9.59 Å². The number of aryl methyl sites for hydroxylation is 1. The number of carbonyl (C=O) groups is 2. The van der Waals surface area contributed by atoms with E-state index in [2.05, 4.69) is 5.32 Å². The van der Waals surface area contributed by atoms with Gasteiger partial charge in [0.05, 0.1) is 6.42 Å². The first kappa shape index (κ1) is 14.4. The van der Waals surface area contributed by atoms with Gasteiger partial charge in [-0.3, -0.25) is 14.5 Å². The normalized spacial score (nSPS) is 18.8. The molecule has 2 rings (SSSR count). The lowest BCUT2D eigenvalue weighted by Crippen LogP contribution is -2.35. The lowest BCUT2D eigenvalue weighted by Gasteiger charge is -2.16. The quantitative estimate of drug-likeness (QED) is 0.861. The van der Waals surface area contributed by atoms with E-state index in [0.717, 1.165) is 11.0 Å². The van der Waals surface area contributed by atoms with Gasteiger partial charge >= 0.3 is 0 Å². The Bertz CT molecular complexity index is 560. The molecule has 0 spiro atoms. The first-order chi connectivity index (χ1) is 9.45. The number of hydrogen-bond donors (Lipinski definition) is 1. The predicted octanol–water partition coefficient (Wildman–Crippen LogP) is 2.22. The smallest absolute Gasteiger partial charge is 0.252 e. The summed E-state index contributed by atoms with van der Waals surface area (Å²) in [6.45, 7) is 3.68. The highest BCUT2D eigenvalue weighted by molar-refractivity contribution is 6.06. The van der Waals surface area contributed by atoms with Gasteiger partial charge in [0.2, 0.25) is 5.91 Å². The molecule has 0 bridgehead atoms. The average molecular weight is 282 g/mol. The van der Waals surface area contributed by atoms with E-state index in [9.17, 15) is 18.4 Å². The molecule has 1 unspecified atom stereocenters. The monoisotopic (exact) mass is 282 g/mol. The molecule has 20 heavy (non-hydrogen) atoms. The van der Waals surface area contributed by atoms with E-state index in [1.165, 1.54) is 13.0 Å². The molecular formula is C14H16F2N2O2. The zero-order valence-electron chi connectivity index (χ0n) is 11.4. The number of amides is 2. The Morgan fingerprint density at radius 3 is 2.70 bits per heavy atom. The van der Waals surface area contributed by atoms with Crippen LogP contribution in [0.25, 0.3) is 0 Å². The van der Waals surface area contributed by atoms with E-state index in [-0.39, 0.29) is 23.6 Å². The third-order valence-corrected chi connectivity index (χ3v) is 3.29. The molecule has 1 N–H and O–H groups in total. The molecule has 6 heteroatoms. The molecule has 0 radical (unpaired) electrons. The Morgan fingerprint density at radius 1 is 1.35 bits per heavy atom. The van der Waals surface area contributed by atoms with Crippen molar-refractivity contribution in [1.82, 2.24) is 4.90 Å². The Labute approximate surface area is 115 Å². The van der Waals surface area contributed by atoms with E-state index in [1.54, 1.807) is 0 Å². The first-order valence-corrected chi connectivity index (χ1v) is 6.51. The van der Waals surface area contributed by atoms with Crippen molar-refractivity contribution in [2.75, 3.05) is 11.9 Å². The summed E-state index contributed by atoms with van der Waals surface area (Å²) in [4.78, 5) is 24.8. The largest absolute Gasteiger partial charge is 0.368 e. The highest BCUT2D eigenvalue weighted by Crippen LogP contribution is 2.25. The van der Waals surface area contributed by atoms with Crippen molar-refractivity contribution in [3.63, 3.8) is 0 Å². The van der Waals surface area contributed by atoms with E-state index < -0.39 is 23.6 Å². The van der Waals surface area contributed by atoms with Crippen molar-refractivity contribution in [2.24, 2.45) is 0 Å². The number of likely N-dealkylation sites (tertiary alicyclic amines) is 1. The number of rotatable bonds is 4. The van der Waals surface area contributed by atoms with E-state index in [0.29, 0.717) is 13.0 Å². The van der Waals surface area contributed by atoms with E-state index in [4.69, 9.17) is 0 Å². The van der Waals surface area contributed by atoms with Crippen LogP contribution in [0.1, 0.15) is 25.3 Å². The van der Waals surface area contributed by atoms with Crippen LogP contribution in [0.2, 0.25) is 0 Å². The Balaban J connectivity index is 2.22. The molecule has 1 aliphatic heterocycles. The van der Waals surface area contributed by atoms with Gasteiger partial charge in [0, 0.05) is 6.54 Å². The third kappa shape index (κ3) is 2.50. The number of benzene rings is 1. The summed E-state index contributed by atoms with van der Waals surface area (Å²) < 4.78 is 27.5. The van der Waals surface area contributed by atoms with Crippen molar-refractivity contribution < 1.29 is 18.4 Å². The topological polar surface area (TPSA) is 49.4 Å². The molecule has 1 aliphatic rings. The zero-order chi connectivity index (χ0) is 14.9. The van der Waals surface area contributed by atoms with Gasteiger partial charge < -0.3 is 5.32 Å². The van der Waals surface area contributed by atoms with Crippen LogP contribution < -0.4 is 5.32 Å². The average Bonchev–Trinajstić information content (AvgIpc) is 2.67. The molecule has 1 aromatic rings. The second-order valence-corrected chi connectivity index (χ2v) is 4.84. The van der Waals surface area contributed by atoms with Gasteiger partial charge in [-0.2, -0.15) is 0 Å². The van der Waals surface area contributed by atoms with Gasteiger partial charge in [-0.25, -0.2) is 8.78 Å². The van der Waals surface area contributed by atoms with Crippen LogP contribution in [0.5, 0.6) is 0 Å². The summed E-state index contributed by atoms with van der Waals surface area (Å²) in [7, 11) is 0. The van der Waals surface area contributed by atoms with Gasteiger partial charge in [0.1, 0.15) is 17.5 Å². The number of imide groups is 1. The summed E-state index contributed by atoms with van der Waals surface area (Å²) in [6.07, 6.45) is 0.572. The fourth-order valence-electron chi connectivity index (χ4n) is 2.22. The summed E-state index contributed by atoms with van der Waals surface area (Å²) >= 11 is 0. The zero-order valence-corrected chi connectivity index (χ0v) is 11.4. The Kier molecular flexibility index (Phi) is 4.01. The van der Waals surface area contributed by atoms with Gasteiger partial charge in [-0.15, -0.1) is 0 Å². The number of nitrogens with zero attached hydrogens (tertiary/aromatic N) is 1. The molecule has 2 amide bonds. The fourth-order valence-corrected chi connectivity index (χ4v) is 2.22. The van der Waals surface area contributed by atoms with Crippen LogP contribution in [0.4, 0.5) is 14.5 Å². The lowest BCUT2D eigenvalue weighted by atomic mass is 10.1. The maximum absolute atomic E-state index is 13.9. The van der Waals surface area contributed by atoms with Crippen molar-refractivity contribution in [1.29, 1.82) is 0 Å². The Morgan fingerprint density at radius 2 is 2.05 bits per heavy atom. The van der Waals surface area contributed by atoms with Crippen molar-refractivity contribution in [3.05, 3.63) is 29.3 Å². The molecule has 4 nitrogen and oxygen atoms in total. The van der Waals surface area contributed by atoms with E-state index >= 15 is 0 Å². The molecule has 108 valence electrons. The number of carbonyl (C=O) groups excluding carboxylic acids is 2. The second kappa shape index (κ2) is 5.56. The third-order valence-electron chi connectivity index (χ3n) is 3.29. The molecule has 1 aromatic carbocycles. The van der Waals surface area contributed by atoms with Gasteiger partial charge in [0.15, 0.2) is 5.82 Å².